The van der Waals surface area contributed by atoms with Gasteiger partial charge in [-0.15, -0.1) is 0 Å². The lowest BCUT2D eigenvalue weighted by Gasteiger charge is -2.32. The Morgan fingerprint density at radius 1 is 1.20 bits per heavy atom. The maximum absolute atomic E-state index is 13.5. The van der Waals surface area contributed by atoms with Crippen molar-refractivity contribution in [3.8, 4) is 0 Å². The number of anilines is 1. The molecule has 1 aliphatic rings. The number of aromatic nitrogens is 1. The maximum Gasteiger partial charge on any atom is 0.232 e. The van der Waals surface area contributed by atoms with E-state index in [1.54, 1.807) is 4.90 Å². The zero-order valence-corrected chi connectivity index (χ0v) is 19.7. The second kappa shape index (κ2) is 8.74. The predicted octanol–water partition coefficient (Wildman–Crippen LogP) is 4.26. The summed E-state index contributed by atoms with van der Waals surface area (Å²) in [6.07, 6.45) is 2.26. The summed E-state index contributed by atoms with van der Waals surface area (Å²) in [5.74, 6) is -0.212. The molecule has 1 fully saturated rings. The second-order valence-corrected chi connectivity index (χ2v) is 11.4. The summed E-state index contributed by atoms with van der Waals surface area (Å²) in [4.78, 5) is 20.0. The van der Waals surface area contributed by atoms with Crippen molar-refractivity contribution in [3.05, 3.63) is 58.6 Å². The topological polar surface area (TPSA) is 70.6 Å². The number of piperidine rings is 1. The highest BCUT2D eigenvalue weighted by Crippen LogP contribution is 2.33. The Morgan fingerprint density at radius 3 is 2.57 bits per heavy atom. The van der Waals surface area contributed by atoms with Gasteiger partial charge in [0.15, 0.2) is 5.13 Å². The van der Waals surface area contributed by atoms with Gasteiger partial charge in [0.25, 0.3) is 0 Å². The fourth-order valence-corrected chi connectivity index (χ4v) is 6.06. The molecule has 0 aliphatic carbocycles. The Kier molecular flexibility index (Phi) is 6.24. The number of rotatable bonds is 5. The number of fused-ring (bicyclic) bond motifs is 1. The number of nitrogens with zero attached hydrogens (tertiary/aromatic N) is 3. The van der Waals surface area contributed by atoms with Crippen molar-refractivity contribution in [1.82, 2.24) is 9.29 Å². The monoisotopic (exact) mass is 507 g/mol. The molecule has 158 valence electrons. The summed E-state index contributed by atoms with van der Waals surface area (Å²) in [6, 6.07) is 15.7. The first kappa shape index (κ1) is 21.4. The molecular formula is C21H22BrN3O3S2. The van der Waals surface area contributed by atoms with Crippen LogP contribution in [0.1, 0.15) is 18.4 Å². The van der Waals surface area contributed by atoms with E-state index in [1.807, 2.05) is 48.5 Å². The van der Waals surface area contributed by atoms with Gasteiger partial charge in [-0.25, -0.2) is 17.7 Å². The number of halogens is 1. The first-order valence-corrected chi connectivity index (χ1v) is 13.1. The predicted molar refractivity (Wildman–Crippen MR) is 124 cm³/mol. The number of carbonyl (C=O) groups is 1. The lowest BCUT2D eigenvalue weighted by Crippen LogP contribution is -2.44. The van der Waals surface area contributed by atoms with Gasteiger partial charge in [-0.1, -0.05) is 57.6 Å². The van der Waals surface area contributed by atoms with Crippen molar-refractivity contribution in [2.24, 2.45) is 5.92 Å². The molecule has 2 heterocycles. The summed E-state index contributed by atoms with van der Waals surface area (Å²) in [5.41, 5.74) is 1.89. The Morgan fingerprint density at radius 2 is 1.90 bits per heavy atom. The first-order valence-electron chi connectivity index (χ1n) is 9.68. The fraction of sp³-hybridized carbons (Fsp3) is 0.333. The van der Waals surface area contributed by atoms with Crippen molar-refractivity contribution in [2.45, 2.75) is 19.4 Å². The van der Waals surface area contributed by atoms with Gasteiger partial charge in [0.05, 0.1) is 23.0 Å². The number of hydrogen-bond acceptors (Lipinski definition) is 5. The summed E-state index contributed by atoms with van der Waals surface area (Å²) in [7, 11) is -3.22. The molecule has 1 aliphatic heterocycles. The molecule has 1 saturated heterocycles. The molecule has 0 spiro atoms. The van der Waals surface area contributed by atoms with Crippen molar-refractivity contribution in [1.29, 1.82) is 0 Å². The Balaban J connectivity index is 1.62. The minimum atomic E-state index is -3.22. The molecule has 6 nitrogen and oxygen atoms in total. The number of carbonyl (C=O) groups excluding carboxylic acids is 1. The largest absolute Gasteiger partial charge is 0.283 e. The van der Waals surface area contributed by atoms with E-state index in [4.69, 9.17) is 4.98 Å². The van der Waals surface area contributed by atoms with Crippen LogP contribution in [0.4, 0.5) is 5.13 Å². The van der Waals surface area contributed by atoms with Crippen molar-refractivity contribution in [3.63, 3.8) is 0 Å². The van der Waals surface area contributed by atoms with E-state index < -0.39 is 10.0 Å². The Labute approximate surface area is 188 Å². The van der Waals surface area contributed by atoms with E-state index in [9.17, 15) is 13.2 Å². The number of sulfonamides is 1. The molecule has 4 rings (SSSR count). The van der Waals surface area contributed by atoms with E-state index >= 15 is 0 Å². The van der Waals surface area contributed by atoms with Crippen LogP contribution in [0.25, 0.3) is 10.2 Å². The Hall–Kier alpha value is -1.81. The highest BCUT2D eigenvalue weighted by atomic mass is 79.9. The summed E-state index contributed by atoms with van der Waals surface area (Å²) in [6.45, 7) is 1.19. The Bertz CT molecular complexity index is 1160. The standard InChI is InChI=1S/C21H22BrN3O3S2/c1-30(27,28)24-11-9-16(10-12-24)20(26)25(14-15-5-3-2-4-6-15)21-23-18-8-7-17(22)13-19(18)29-21/h2-8,13,16H,9-12,14H2,1H3. The third-order valence-electron chi connectivity index (χ3n) is 5.29. The first-order chi connectivity index (χ1) is 14.3. The van der Waals surface area contributed by atoms with Gasteiger partial charge in [0, 0.05) is 23.5 Å². The summed E-state index contributed by atoms with van der Waals surface area (Å²) < 4.78 is 27.0. The zero-order chi connectivity index (χ0) is 21.3. The van der Waals surface area contributed by atoms with Gasteiger partial charge in [-0.3, -0.25) is 9.69 Å². The third-order valence-corrected chi connectivity index (χ3v) is 8.13. The highest BCUT2D eigenvalue weighted by Gasteiger charge is 2.33. The molecule has 9 heteroatoms. The number of amides is 1. The quantitative estimate of drug-likeness (QED) is 0.517. The molecule has 0 unspecified atom stereocenters. The van der Waals surface area contributed by atoms with E-state index in [1.165, 1.54) is 21.9 Å². The molecular weight excluding hydrogens is 486 g/mol. The lowest BCUT2D eigenvalue weighted by atomic mass is 9.96. The van der Waals surface area contributed by atoms with Gasteiger partial charge in [-0.2, -0.15) is 0 Å². The van der Waals surface area contributed by atoms with Crippen LogP contribution in [0, 0.1) is 5.92 Å². The number of thiazole rings is 1. The van der Waals surface area contributed by atoms with Gasteiger partial charge >= 0.3 is 0 Å². The maximum atomic E-state index is 13.5. The molecule has 0 radical (unpaired) electrons. The normalized spacial score (nSPS) is 16.1. The zero-order valence-electron chi connectivity index (χ0n) is 16.5. The molecule has 0 atom stereocenters. The molecule has 1 aromatic heterocycles. The van der Waals surface area contributed by atoms with Gasteiger partial charge < -0.3 is 0 Å². The molecule has 0 bridgehead atoms. The molecule has 0 saturated carbocycles. The van der Waals surface area contributed by atoms with E-state index in [-0.39, 0.29) is 11.8 Å². The van der Waals surface area contributed by atoms with Gasteiger partial charge in [-0.05, 0) is 36.6 Å². The smallest absolute Gasteiger partial charge is 0.232 e. The molecule has 30 heavy (non-hydrogen) atoms. The van der Waals surface area contributed by atoms with Gasteiger partial charge in [0.1, 0.15) is 0 Å². The summed E-state index contributed by atoms with van der Waals surface area (Å²) >= 11 is 4.98. The average molecular weight is 508 g/mol. The van der Waals surface area contributed by atoms with Crippen LogP contribution < -0.4 is 4.90 Å². The minimum Gasteiger partial charge on any atom is -0.283 e. The van der Waals surface area contributed by atoms with E-state index in [0.717, 1.165) is 20.3 Å². The highest BCUT2D eigenvalue weighted by molar-refractivity contribution is 9.10. The van der Waals surface area contributed by atoms with Crippen molar-refractivity contribution < 1.29 is 13.2 Å². The SMILES string of the molecule is CS(=O)(=O)N1CCC(C(=O)N(Cc2ccccc2)c2nc3ccc(Br)cc3s2)CC1. The molecule has 2 aromatic carbocycles. The van der Waals surface area contributed by atoms with Crippen molar-refractivity contribution >= 4 is 58.5 Å². The van der Waals surface area contributed by atoms with Crippen LogP contribution in [0.5, 0.6) is 0 Å². The van der Waals surface area contributed by atoms with Crippen LogP contribution in [0.2, 0.25) is 0 Å². The van der Waals surface area contributed by atoms with Crippen LogP contribution in [-0.2, 0) is 21.4 Å². The lowest BCUT2D eigenvalue weighted by molar-refractivity contribution is -0.123. The molecule has 0 N–H and O–H groups in total. The van der Waals surface area contributed by atoms with Crippen LogP contribution in [0.15, 0.2) is 53.0 Å². The third kappa shape index (κ3) is 4.74. The van der Waals surface area contributed by atoms with Crippen LogP contribution in [0.3, 0.4) is 0 Å². The van der Waals surface area contributed by atoms with E-state index in [2.05, 4.69) is 15.9 Å². The van der Waals surface area contributed by atoms with Crippen molar-refractivity contribution in [2.75, 3.05) is 24.2 Å². The molecule has 3 aromatic rings. The number of benzene rings is 2. The second-order valence-electron chi connectivity index (χ2n) is 7.45. The van der Waals surface area contributed by atoms with Gasteiger partial charge in [0.2, 0.25) is 15.9 Å². The van der Waals surface area contributed by atoms with Crippen LogP contribution >= 0.6 is 27.3 Å². The van der Waals surface area contributed by atoms with Crippen LogP contribution in [-0.4, -0.2) is 43.0 Å². The average Bonchev–Trinajstić information content (AvgIpc) is 3.14. The minimum absolute atomic E-state index is 0.00475. The fourth-order valence-electron chi connectivity index (χ4n) is 3.66. The number of hydrogen-bond donors (Lipinski definition) is 0. The van der Waals surface area contributed by atoms with E-state index in [0.29, 0.717) is 37.6 Å². The molecule has 1 amide bonds. The summed E-state index contributed by atoms with van der Waals surface area (Å²) in [5, 5.41) is 0.669.